The Hall–Kier alpha value is -1.70. The molecule has 0 N–H and O–H groups in total. The molecule has 2 heteroatoms. The first-order valence-corrected chi connectivity index (χ1v) is 5.09. The van der Waals surface area contributed by atoms with Crippen LogP contribution in [0.1, 0.15) is 6.92 Å². The minimum absolute atomic E-state index is 1.26. The van der Waals surface area contributed by atoms with Gasteiger partial charge in [0, 0.05) is 38.4 Å². The Kier molecular flexibility index (Phi) is 2.50. The molecule has 0 saturated heterocycles. The van der Waals surface area contributed by atoms with Gasteiger partial charge in [0.25, 0.3) is 0 Å². The van der Waals surface area contributed by atoms with Gasteiger partial charge in [0.2, 0.25) is 0 Å². The molecule has 0 aliphatic carbocycles. The molecule has 0 radical (unpaired) electrons. The molecule has 0 atom stereocenters. The molecule has 0 spiro atoms. The van der Waals surface area contributed by atoms with Crippen molar-refractivity contribution in [1.82, 2.24) is 9.80 Å². The molecule has 0 amide bonds. The van der Waals surface area contributed by atoms with E-state index in [-0.39, 0.29) is 0 Å². The highest BCUT2D eigenvalue weighted by atomic mass is 15.1. The van der Waals surface area contributed by atoms with Gasteiger partial charge in [-0.25, -0.2) is 0 Å². The first kappa shape index (κ1) is 9.84. The first-order chi connectivity index (χ1) is 7.16. The highest BCUT2D eigenvalue weighted by Gasteiger charge is 2.06. The fraction of sp³-hybridized carbons (Fsp3) is 0.231. The summed E-state index contributed by atoms with van der Waals surface area (Å²) in [5.74, 6) is 0. The van der Waals surface area contributed by atoms with Crippen molar-refractivity contribution in [2.24, 2.45) is 0 Å². The minimum Gasteiger partial charge on any atom is -0.357 e. The van der Waals surface area contributed by atoms with Gasteiger partial charge in [-0.3, -0.25) is 0 Å². The van der Waals surface area contributed by atoms with Crippen LogP contribution in [0.3, 0.4) is 0 Å². The summed E-state index contributed by atoms with van der Waals surface area (Å²) >= 11 is 0. The number of hydrogen-bond donors (Lipinski definition) is 0. The summed E-state index contributed by atoms with van der Waals surface area (Å²) in [5.41, 5.74) is 3.80. The van der Waals surface area contributed by atoms with Crippen LogP contribution in [0.5, 0.6) is 0 Å². The van der Waals surface area contributed by atoms with Gasteiger partial charge in [-0.1, -0.05) is 0 Å². The molecule has 78 valence electrons. The molecule has 2 aliphatic heterocycles. The molecule has 0 aromatic carbocycles. The molecule has 2 rings (SSSR count). The number of nitrogens with zero attached hydrogens (tertiary/aromatic N) is 2. The number of hydrogen-bond acceptors (Lipinski definition) is 2. The van der Waals surface area contributed by atoms with E-state index in [1.165, 1.54) is 16.8 Å². The van der Waals surface area contributed by atoms with E-state index in [1.54, 1.807) is 0 Å². The molecular formula is C13H16N2. The molecule has 2 heterocycles. The summed E-state index contributed by atoms with van der Waals surface area (Å²) < 4.78 is 0. The van der Waals surface area contributed by atoms with E-state index in [0.29, 0.717) is 0 Å². The summed E-state index contributed by atoms with van der Waals surface area (Å²) in [5, 5.41) is 0. The fourth-order valence-corrected chi connectivity index (χ4v) is 1.56. The van der Waals surface area contributed by atoms with E-state index < -0.39 is 0 Å². The zero-order valence-corrected chi connectivity index (χ0v) is 9.44. The topological polar surface area (TPSA) is 6.48 Å². The van der Waals surface area contributed by atoms with Gasteiger partial charge in [-0.2, -0.15) is 0 Å². The molecule has 0 bridgehead atoms. The van der Waals surface area contributed by atoms with E-state index >= 15 is 0 Å². The summed E-state index contributed by atoms with van der Waals surface area (Å²) in [4.78, 5) is 4.16. The van der Waals surface area contributed by atoms with Crippen molar-refractivity contribution in [3.63, 3.8) is 0 Å². The zero-order chi connectivity index (χ0) is 10.8. The predicted molar refractivity (Wildman–Crippen MR) is 63.7 cm³/mol. The van der Waals surface area contributed by atoms with Crippen molar-refractivity contribution in [3.8, 4) is 0 Å². The van der Waals surface area contributed by atoms with Crippen molar-refractivity contribution < 1.29 is 0 Å². The molecule has 2 aliphatic rings. The van der Waals surface area contributed by atoms with Crippen LogP contribution >= 0.6 is 0 Å². The molecule has 0 aromatic heterocycles. The molecule has 0 saturated carbocycles. The molecule has 0 unspecified atom stereocenters. The first-order valence-electron chi connectivity index (χ1n) is 5.09. The minimum atomic E-state index is 1.26. The van der Waals surface area contributed by atoms with Crippen LogP contribution in [0.4, 0.5) is 0 Å². The van der Waals surface area contributed by atoms with Gasteiger partial charge in [0.05, 0.1) is 0 Å². The zero-order valence-electron chi connectivity index (χ0n) is 9.44. The van der Waals surface area contributed by atoms with Crippen LogP contribution in [0.2, 0.25) is 0 Å². The lowest BCUT2D eigenvalue weighted by Gasteiger charge is -2.21. The third-order valence-corrected chi connectivity index (χ3v) is 2.71. The van der Waals surface area contributed by atoms with Crippen molar-refractivity contribution in [2.75, 3.05) is 14.1 Å². The van der Waals surface area contributed by atoms with Crippen LogP contribution in [0, 0.1) is 0 Å². The van der Waals surface area contributed by atoms with E-state index in [4.69, 9.17) is 0 Å². The monoisotopic (exact) mass is 200 g/mol. The number of allylic oxidation sites excluding steroid dienone is 7. The Morgan fingerprint density at radius 1 is 0.867 bits per heavy atom. The average molecular weight is 200 g/mol. The van der Waals surface area contributed by atoms with E-state index in [1.807, 2.05) is 11.9 Å². The van der Waals surface area contributed by atoms with Gasteiger partial charge in [0.15, 0.2) is 0 Å². The predicted octanol–water partition coefficient (Wildman–Crippen LogP) is 2.62. The summed E-state index contributed by atoms with van der Waals surface area (Å²) in [6, 6.07) is 0. The SMILES string of the molecule is CC1=CC(=C2C=CN(C)C=C2)C=CN1C. The van der Waals surface area contributed by atoms with Crippen molar-refractivity contribution in [3.05, 3.63) is 59.7 Å². The quantitative estimate of drug-likeness (QED) is 0.593. The molecular weight excluding hydrogens is 184 g/mol. The maximum atomic E-state index is 2.20. The van der Waals surface area contributed by atoms with Crippen molar-refractivity contribution >= 4 is 0 Å². The lowest BCUT2D eigenvalue weighted by atomic mass is 10.0. The maximum Gasteiger partial charge on any atom is 0.0146 e. The Bertz CT molecular complexity index is 392. The lowest BCUT2D eigenvalue weighted by Crippen LogP contribution is -2.11. The normalized spacial score (nSPS) is 20.1. The summed E-state index contributed by atoms with van der Waals surface area (Å²) in [7, 11) is 4.09. The van der Waals surface area contributed by atoms with Crippen molar-refractivity contribution in [1.29, 1.82) is 0 Å². The Labute approximate surface area is 91.2 Å². The van der Waals surface area contributed by atoms with E-state index in [2.05, 4.69) is 61.8 Å². The van der Waals surface area contributed by atoms with Gasteiger partial charge >= 0.3 is 0 Å². The number of rotatable bonds is 0. The standard InChI is InChI=1S/C13H16N2/c1-11-10-13(6-9-15(11)3)12-4-7-14(2)8-5-12/h4-10H,1-3H3. The average Bonchev–Trinajstić information content (AvgIpc) is 2.23. The van der Waals surface area contributed by atoms with Crippen LogP contribution in [-0.4, -0.2) is 23.9 Å². The van der Waals surface area contributed by atoms with Crippen LogP contribution in [0.25, 0.3) is 0 Å². The second-order valence-electron chi connectivity index (χ2n) is 3.92. The van der Waals surface area contributed by atoms with Crippen LogP contribution < -0.4 is 0 Å². The second-order valence-corrected chi connectivity index (χ2v) is 3.92. The highest BCUT2D eigenvalue weighted by molar-refractivity contribution is 5.49. The largest absolute Gasteiger partial charge is 0.357 e. The lowest BCUT2D eigenvalue weighted by molar-refractivity contribution is 0.564. The maximum absolute atomic E-state index is 2.20. The highest BCUT2D eigenvalue weighted by Crippen LogP contribution is 2.21. The Balaban J connectivity index is 2.32. The second kappa shape index (κ2) is 3.81. The summed E-state index contributed by atoms with van der Waals surface area (Å²) in [6.45, 7) is 2.12. The Morgan fingerprint density at radius 2 is 1.47 bits per heavy atom. The fourth-order valence-electron chi connectivity index (χ4n) is 1.56. The third-order valence-electron chi connectivity index (χ3n) is 2.71. The van der Waals surface area contributed by atoms with Crippen molar-refractivity contribution in [2.45, 2.75) is 6.92 Å². The molecule has 15 heavy (non-hydrogen) atoms. The van der Waals surface area contributed by atoms with Gasteiger partial charge in [0.1, 0.15) is 0 Å². The van der Waals surface area contributed by atoms with Crippen LogP contribution in [0.15, 0.2) is 59.7 Å². The van der Waals surface area contributed by atoms with E-state index in [9.17, 15) is 0 Å². The molecule has 2 nitrogen and oxygen atoms in total. The van der Waals surface area contributed by atoms with Crippen LogP contribution in [-0.2, 0) is 0 Å². The Morgan fingerprint density at radius 3 is 2.07 bits per heavy atom. The van der Waals surface area contributed by atoms with Gasteiger partial charge < -0.3 is 9.80 Å². The third kappa shape index (κ3) is 2.04. The van der Waals surface area contributed by atoms with Gasteiger partial charge in [-0.05, 0) is 42.4 Å². The van der Waals surface area contributed by atoms with Gasteiger partial charge in [-0.15, -0.1) is 0 Å². The van der Waals surface area contributed by atoms with E-state index in [0.717, 1.165) is 0 Å². The smallest absolute Gasteiger partial charge is 0.0146 e. The molecule has 0 fully saturated rings. The summed E-state index contributed by atoms with van der Waals surface area (Å²) in [6.07, 6.45) is 14.8. The molecule has 0 aromatic rings.